The van der Waals surface area contributed by atoms with Crippen LogP contribution in [0, 0.1) is 5.92 Å². The van der Waals surface area contributed by atoms with E-state index in [9.17, 15) is 0 Å². The van der Waals surface area contributed by atoms with Gasteiger partial charge in [0.15, 0.2) is 0 Å². The Labute approximate surface area is 166 Å². The van der Waals surface area contributed by atoms with Crippen LogP contribution in [-0.4, -0.2) is 74.2 Å². The van der Waals surface area contributed by atoms with Gasteiger partial charge in [-0.2, -0.15) is 5.10 Å². The van der Waals surface area contributed by atoms with Gasteiger partial charge in [0.1, 0.15) is 17.2 Å². The molecule has 0 amide bonds. The molecule has 28 heavy (non-hydrogen) atoms. The molecule has 1 aliphatic rings. The van der Waals surface area contributed by atoms with Gasteiger partial charge in [-0.25, -0.2) is 4.98 Å². The zero-order chi connectivity index (χ0) is 19.8. The van der Waals surface area contributed by atoms with Crippen LogP contribution < -0.4 is 14.8 Å². The highest BCUT2D eigenvalue weighted by molar-refractivity contribution is 5.74. The lowest BCUT2D eigenvalue weighted by Crippen LogP contribution is -2.37. The molecule has 1 N–H and O–H groups in total. The summed E-state index contributed by atoms with van der Waals surface area (Å²) in [5.74, 6) is 2.50. The van der Waals surface area contributed by atoms with Crippen molar-refractivity contribution in [3.63, 3.8) is 0 Å². The summed E-state index contributed by atoms with van der Waals surface area (Å²) in [6.07, 6.45) is 3.94. The van der Waals surface area contributed by atoms with Gasteiger partial charge in [0, 0.05) is 20.2 Å². The van der Waals surface area contributed by atoms with Gasteiger partial charge in [0.2, 0.25) is 5.95 Å². The molecule has 1 aliphatic heterocycles. The highest BCUT2D eigenvalue weighted by Gasteiger charge is 2.19. The lowest BCUT2D eigenvalue weighted by atomic mass is 9.97. The normalized spacial score (nSPS) is 15.4. The van der Waals surface area contributed by atoms with Crippen LogP contribution >= 0.6 is 0 Å². The second kappa shape index (κ2) is 10.2. The third kappa shape index (κ3) is 5.08. The molecule has 8 heteroatoms. The van der Waals surface area contributed by atoms with E-state index in [4.69, 9.17) is 14.2 Å². The number of benzene rings is 1. The van der Waals surface area contributed by atoms with Crippen LogP contribution in [0.5, 0.6) is 11.5 Å². The number of anilines is 1. The van der Waals surface area contributed by atoms with Crippen LogP contribution in [0.25, 0.3) is 11.3 Å². The van der Waals surface area contributed by atoms with E-state index in [0.29, 0.717) is 29.1 Å². The van der Waals surface area contributed by atoms with E-state index in [2.05, 4.69) is 25.4 Å². The molecule has 1 aromatic carbocycles. The Hall–Kier alpha value is -2.45. The first-order chi connectivity index (χ1) is 13.7. The van der Waals surface area contributed by atoms with E-state index in [1.54, 1.807) is 27.5 Å². The van der Waals surface area contributed by atoms with Gasteiger partial charge in [-0.05, 0) is 44.0 Å². The molecule has 0 bridgehead atoms. The van der Waals surface area contributed by atoms with Crippen LogP contribution in [0.4, 0.5) is 5.95 Å². The summed E-state index contributed by atoms with van der Waals surface area (Å²) in [7, 11) is 5.01. The second-order valence-electron chi connectivity index (χ2n) is 6.86. The fraction of sp³-hybridized carbons (Fsp3) is 0.550. The molecule has 0 atom stereocenters. The Balaban J connectivity index is 1.62. The Morgan fingerprint density at radius 1 is 1.11 bits per heavy atom. The van der Waals surface area contributed by atoms with Crippen molar-refractivity contribution in [3.8, 4) is 22.8 Å². The molecule has 1 aromatic heterocycles. The summed E-state index contributed by atoms with van der Waals surface area (Å²) in [4.78, 5) is 7.08. The summed E-state index contributed by atoms with van der Waals surface area (Å²) >= 11 is 0. The number of hydrogen-bond donors (Lipinski definition) is 1. The number of nitrogens with zero attached hydrogens (tertiary/aromatic N) is 4. The minimum absolute atomic E-state index is 0.521. The van der Waals surface area contributed by atoms with Crippen LogP contribution in [-0.2, 0) is 4.74 Å². The third-order valence-electron chi connectivity index (χ3n) is 5.11. The number of nitrogens with one attached hydrogen (secondary N) is 1. The predicted octanol–water partition coefficient (Wildman–Crippen LogP) is 2.33. The Bertz CT molecular complexity index is 728. The van der Waals surface area contributed by atoms with Gasteiger partial charge in [0.25, 0.3) is 0 Å². The highest BCUT2D eigenvalue weighted by Crippen LogP contribution is 2.36. The minimum Gasteiger partial charge on any atom is -0.496 e. The summed E-state index contributed by atoms with van der Waals surface area (Å²) in [6, 6.07) is 5.64. The number of likely N-dealkylation sites (tertiary alicyclic amines) is 1. The highest BCUT2D eigenvalue weighted by atomic mass is 16.5. The molecule has 8 nitrogen and oxygen atoms in total. The van der Waals surface area contributed by atoms with Crippen molar-refractivity contribution in [1.29, 1.82) is 0 Å². The average Bonchev–Trinajstić information content (AvgIpc) is 2.76. The van der Waals surface area contributed by atoms with Crippen LogP contribution in [0.15, 0.2) is 24.4 Å². The van der Waals surface area contributed by atoms with Crippen molar-refractivity contribution in [3.05, 3.63) is 24.4 Å². The lowest BCUT2D eigenvalue weighted by Gasteiger charge is -2.31. The number of hydrogen-bond acceptors (Lipinski definition) is 8. The van der Waals surface area contributed by atoms with Crippen molar-refractivity contribution in [2.45, 2.75) is 12.8 Å². The van der Waals surface area contributed by atoms with Crippen molar-refractivity contribution in [2.24, 2.45) is 5.92 Å². The third-order valence-corrected chi connectivity index (χ3v) is 5.11. The summed E-state index contributed by atoms with van der Waals surface area (Å²) in [6.45, 7) is 4.85. The number of piperidine rings is 1. The zero-order valence-electron chi connectivity index (χ0n) is 16.9. The quantitative estimate of drug-likeness (QED) is 0.702. The first-order valence-electron chi connectivity index (χ1n) is 9.61. The van der Waals surface area contributed by atoms with E-state index in [0.717, 1.165) is 51.2 Å². The van der Waals surface area contributed by atoms with E-state index in [1.807, 2.05) is 18.2 Å². The van der Waals surface area contributed by atoms with Gasteiger partial charge < -0.3 is 24.4 Å². The largest absolute Gasteiger partial charge is 0.496 e. The Morgan fingerprint density at radius 2 is 1.82 bits per heavy atom. The second-order valence-corrected chi connectivity index (χ2v) is 6.86. The molecule has 3 rings (SSSR count). The first kappa shape index (κ1) is 20.3. The number of methoxy groups -OCH3 is 3. The predicted molar refractivity (Wildman–Crippen MR) is 108 cm³/mol. The maximum atomic E-state index is 5.47. The molecule has 0 saturated carbocycles. The first-order valence-corrected chi connectivity index (χ1v) is 9.61. The Kier molecular flexibility index (Phi) is 7.39. The van der Waals surface area contributed by atoms with Crippen LogP contribution in [0.3, 0.4) is 0 Å². The van der Waals surface area contributed by atoms with Gasteiger partial charge in [0.05, 0.1) is 32.6 Å². The summed E-state index contributed by atoms with van der Waals surface area (Å²) < 4.78 is 16.1. The van der Waals surface area contributed by atoms with Gasteiger partial charge in [-0.1, -0.05) is 6.07 Å². The maximum absolute atomic E-state index is 5.47. The maximum Gasteiger partial charge on any atom is 0.243 e. The molecule has 0 unspecified atom stereocenters. The standard InChI is InChI=1S/C20H29N5O3/c1-26-12-11-25-9-7-15(8-10-25)13-21-20-23-16(14-22-24-20)19-17(27-2)5-4-6-18(19)28-3/h4-6,14-15H,7-13H2,1-3H3,(H,21,23,24). The summed E-state index contributed by atoms with van der Waals surface area (Å²) in [5, 5.41) is 11.6. The SMILES string of the molecule is COCCN1CCC(CNc2nncc(-c3c(OC)cccc3OC)n2)CC1. The Morgan fingerprint density at radius 3 is 2.46 bits per heavy atom. The minimum atomic E-state index is 0.521. The summed E-state index contributed by atoms with van der Waals surface area (Å²) in [5.41, 5.74) is 1.44. The lowest BCUT2D eigenvalue weighted by molar-refractivity contribution is 0.122. The van der Waals surface area contributed by atoms with Crippen molar-refractivity contribution in [2.75, 3.05) is 59.4 Å². The van der Waals surface area contributed by atoms with Gasteiger partial charge in [-0.3, -0.25) is 0 Å². The van der Waals surface area contributed by atoms with Gasteiger partial charge >= 0.3 is 0 Å². The van der Waals surface area contributed by atoms with E-state index >= 15 is 0 Å². The van der Waals surface area contributed by atoms with Crippen molar-refractivity contribution in [1.82, 2.24) is 20.1 Å². The van der Waals surface area contributed by atoms with Gasteiger partial charge in [-0.15, -0.1) is 5.10 Å². The van der Waals surface area contributed by atoms with E-state index in [-0.39, 0.29) is 0 Å². The molecule has 2 aromatic rings. The molecule has 1 saturated heterocycles. The fourth-order valence-corrected chi connectivity index (χ4v) is 3.47. The van der Waals surface area contributed by atoms with E-state index < -0.39 is 0 Å². The van der Waals surface area contributed by atoms with Crippen LogP contribution in [0.2, 0.25) is 0 Å². The molecule has 0 spiro atoms. The monoisotopic (exact) mass is 387 g/mol. The molecule has 0 aliphatic carbocycles. The molecule has 152 valence electrons. The average molecular weight is 387 g/mol. The molecular formula is C20H29N5O3. The van der Waals surface area contributed by atoms with Crippen molar-refractivity contribution >= 4 is 5.95 Å². The number of aromatic nitrogens is 3. The van der Waals surface area contributed by atoms with Crippen molar-refractivity contribution < 1.29 is 14.2 Å². The van der Waals surface area contributed by atoms with Crippen LogP contribution in [0.1, 0.15) is 12.8 Å². The molecular weight excluding hydrogens is 358 g/mol. The molecule has 1 fully saturated rings. The smallest absolute Gasteiger partial charge is 0.243 e. The topological polar surface area (TPSA) is 81.6 Å². The number of ether oxygens (including phenoxy) is 3. The zero-order valence-corrected chi connectivity index (χ0v) is 16.9. The number of rotatable bonds is 9. The molecule has 0 radical (unpaired) electrons. The van der Waals surface area contributed by atoms with E-state index in [1.165, 1.54) is 0 Å². The molecule has 2 heterocycles. The fourth-order valence-electron chi connectivity index (χ4n) is 3.47.